The fraction of sp³-hybridized carbons (Fsp3) is 0.250. The van der Waals surface area contributed by atoms with Crippen LogP contribution in [0.25, 0.3) is 22.4 Å². The molecule has 160 valence electrons. The van der Waals surface area contributed by atoms with Gasteiger partial charge in [-0.3, -0.25) is 4.79 Å². The van der Waals surface area contributed by atoms with Crippen LogP contribution in [0.15, 0.2) is 41.2 Å². The molecule has 0 aliphatic heterocycles. The molecule has 0 bridgehead atoms. The summed E-state index contributed by atoms with van der Waals surface area (Å²) in [5.41, 5.74) is 3.89. The lowest BCUT2D eigenvalue weighted by atomic mass is 9.96. The largest absolute Gasteiger partial charge is 0.496 e. The van der Waals surface area contributed by atoms with Crippen molar-refractivity contribution in [3.8, 4) is 28.7 Å². The van der Waals surface area contributed by atoms with Crippen LogP contribution in [-0.2, 0) is 7.05 Å². The molecule has 0 saturated carbocycles. The molecule has 0 unspecified atom stereocenters. The minimum atomic E-state index is -0.177. The Morgan fingerprint density at radius 1 is 1.03 bits per heavy atom. The Morgan fingerprint density at radius 2 is 1.77 bits per heavy atom. The Bertz CT molecular complexity index is 1300. The molecule has 4 rings (SSSR count). The lowest BCUT2D eigenvalue weighted by Gasteiger charge is -2.12. The van der Waals surface area contributed by atoms with Crippen molar-refractivity contribution in [2.45, 2.75) is 13.8 Å². The van der Waals surface area contributed by atoms with Crippen molar-refractivity contribution in [2.75, 3.05) is 21.3 Å². The summed E-state index contributed by atoms with van der Waals surface area (Å²) in [5.74, 6) is 2.08. The predicted octanol–water partition coefficient (Wildman–Crippen LogP) is 4.71. The van der Waals surface area contributed by atoms with Crippen molar-refractivity contribution in [2.24, 2.45) is 7.05 Å². The SMILES string of the molecule is COc1cc(C(=O)c2c(-c3cncn3C)oc3c(C)c(OC)ccc23)cc(C)c1OC. The molecule has 2 aromatic carbocycles. The number of carbonyl (C=O) groups excluding carboxylic acids is 1. The van der Waals surface area contributed by atoms with Crippen LogP contribution in [0, 0.1) is 13.8 Å². The van der Waals surface area contributed by atoms with E-state index < -0.39 is 0 Å². The van der Waals surface area contributed by atoms with Crippen molar-refractivity contribution in [1.29, 1.82) is 0 Å². The summed E-state index contributed by atoms with van der Waals surface area (Å²) in [5, 5.41) is 0.715. The molecule has 0 fully saturated rings. The normalized spacial score (nSPS) is 11.0. The number of hydrogen-bond acceptors (Lipinski definition) is 6. The Hall–Kier alpha value is -3.74. The summed E-state index contributed by atoms with van der Waals surface area (Å²) >= 11 is 0. The molecular weight excluding hydrogens is 396 g/mol. The minimum absolute atomic E-state index is 0.177. The van der Waals surface area contributed by atoms with Gasteiger partial charge in [0.25, 0.3) is 0 Å². The smallest absolute Gasteiger partial charge is 0.197 e. The zero-order valence-corrected chi connectivity index (χ0v) is 18.4. The number of hydrogen-bond donors (Lipinski definition) is 0. The highest BCUT2D eigenvalue weighted by Gasteiger charge is 2.27. The number of aromatic nitrogens is 2. The molecule has 2 heterocycles. The molecule has 0 aliphatic rings. The predicted molar refractivity (Wildman–Crippen MR) is 117 cm³/mol. The second kappa shape index (κ2) is 7.83. The molecule has 31 heavy (non-hydrogen) atoms. The summed E-state index contributed by atoms with van der Waals surface area (Å²) in [7, 11) is 6.59. The van der Waals surface area contributed by atoms with Crippen LogP contribution < -0.4 is 14.2 Å². The zero-order chi connectivity index (χ0) is 22.3. The van der Waals surface area contributed by atoms with Gasteiger partial charge in [-0.1, -0.05) is 0 Å². The van der Waals surface area contributed by atoms with Crippen molar-refractivity contribution in [1.82, 2.24) is 9.55 Å². The minimum Gasteiger partial charge on any atom is -0.496 e. The van der Waals surface area contributed by atoms with Gasteiger partial charge >= 0.3 is 0 Å². The maximum absolute atomic E-state index is 13.8. The maximum atomic E-state index is 13.8. The van der Waals surface area contributed by atoms with Gasteiger partial charge in [0.2, 0.25) is 0 Å². The number of ether oxygens (including phenoxy) is 3. The van der Waals surface area contributed by atoms with E-state index in [0.29, 0.717) is 50.8 Å². The number of fused-ring (bicyclic) bond motifs is 1. The van der Waals surface area contributed by atoms with Crippen LogP contribution in [0.5, 0.6) is 17.2 Å². The Balaban J connectivity index is 2.00. The summed E-state index contributed by atoms with van der Waals surface area (Å²) in [6.45, 7) is 3.79. The van der Waals surface area contributed by atoms with Crippen molar-refractivity contribution < 1.29 is 23.4 Å². The number of furan rings is 1. The fourth-order valence-corrected chi connectivity index (χ4v) is 3.91. The molecule has 0 amide bonds. The van der Waals surface area contributed by atoms with E-state index in [2.05, 4.69) is 4.98 Å². The molecule has 0 spiro atoms. The number of rotatable bonds is 6. The van der Waals surface area contributed by atoms with Crippen molar-refractivity contribution in [3.63, 3.8) is 0 Å². The number of imidazole rings is 1. The van der Waals surface area contributed by atoms with E-state index in [1.807, 2.05) is 37.6 Å². The zero-order valence-electron chi connectivity index (χ0n) is 18.4. The first-order valence-electron chi connectivity index (χ1n) is 9.75. The van der Waals surface area contributed by atoms with E-state index in [1.165, 1.54) is 0 Å². The van der Waals surface area contributed by atoms with Gasteiger partial charge in [0.05, 0.1) is 39.4 Å². The van der Waals surface area contributed by atoms with Crippen LogP contribution >= 0.6 is 0 Å². The Labute approximate surface area is 180 Å². The molecule has 0 atom stereocenters. The van der Waals surface area contributed by atoms with Crippen LogP contribution in [0.1, 0.15) is 27.0 Å². The lowest BCUT2D eigenvalue weighted by Crippen LogP contribution is -2.05. The molecule has 0 aliphatic carbocycles. The first-order valence-corrected chi connectivity index (χ1v) is 9.75. The van der Waals surface area contributed by atoms with Crippen LogP contribution in [0.4, 0.5) is 0 Å². The number of aryl methyl sites for hydroxylation is 3. The monoisotopic (exact) mass is 420 g/mol. The fourth-order valence-electron chi connectivity index (χ4n) is 3.91. The summed E-state index contributed by atoms with van der Waals surface area (Å²) in [6, 6.07) is 7.19. The van der Waals surface area contributed by atoms with Gasteiger partial charge in [-0.25, -0.2) is 4.98 Å². The topological polar surface area (TPSA) is 75.7 Å². The molecule has 4 aromatic rings. The highest BCUT2D eigenvalue weighted by Crippen LogP contribution is 2.40. The van der Waals surface area contributed by atoms with Gasteiger partial charge in [0.15, 0.2) is 23.0 Å². The summed E-state index contributed by atoms with van der Waals surface area (Å²) in [4.78, 5) is 18.0. The number of ketones is 1. The maximum Gasteiger partial charge on any atom is 0.197 e. The second-order valence-corrected chi connectivity index (χ2v) is 7.32. The van der Waals surface area contributed by atoms with Gasteiger partial charge in [0.1, 0.15) is 17.0 Å². The quantitative estimate of drug-likeness (QED) is 0.421. The van der Waals surface area contributed by atoms with Gasteiger partial charge in [-0.2, -0.15) is 0 Å². The van der Waals surface area contributed by atoms with E-state index in [0.717, 1.165) is 11.1 Å². The number of carbonyl (C=O) groups is 1. The first-order chi connectivity index (χ1) is 14.9. The molecular formula is C24H24N2O5. The Kier molecular flexibility index (Phi) is 5.19. The molecule has 7 heteroatoms. The van der Waals surface area contributed by atoms with Crippen molar-refractivity contribution in [3.05, 3.63) is 59.0 Å². The summed E-state index contributed by atoms with van der Waals surface area (Å²) < 4.78 is 24.4. The van der Waals surface area contributed by atoms with Gasteiger partial charge < -0.3 is 23.2 Å². The second-order valence-electron chi connectivity index (χ2n) is 7.32. The van der Waals surface area contributed by atoms with E-state index in [9.17, 15) is 4.79 Å². The van der Waals surface area contributed by atoms with E-state index in [1.54, 1.807) is 46.0 Å². The molecule has 0 radical (unpaired) electrons. The van der Waals surface area contributed by atoms with Gasteiger partial charge in [-0.15, -0.1) is 0 Å². The third-order valence-electron chi connectivity index (χ3n) is 5.48. The molecule has 2 aromatic heterocycles. The van der Waals surface area contributed by atoms with Crippen LogP contribution in [-0.4, -0.2) is 36.7 Å². The average Bonchev–Trinajstić information content (AvgIpc) is 3.36. The average molecular weight is 420 g/mol. The van der Waals surface area contributed by atoms with E-state index in [4.69, 9.17) is 18.6 Å². The number of methoxy groups -OCH3 is 3. The number of benzene rings is 2. The van der Waals surface area contributed by atoms with Gasteiger partial charge in [0, 0.05) is 23.6 Å². The standard InChI is InChI=1S/C24H24N2O5/c1-13-9-15(10-19(29-5)22(13)30-6)21(27)20-16-7-8-18(28-4)14(2)23(16)31-24(20)17-11-25-12-26(17)3/h7-12H,1-6H3. The molecule has 7 nitrogen and oxygen atoms in total. The highest BCUT2D eigenvalue weighted by molar-refractivity contribution is 6.20. The summed E-state index contributed by atoms with van der Waals surface area (Å²) in [6.07, 6.45) is 3.35. The third-order valence-corrected chi connectivity index (χ3v) is 5.48. The van der Waals surface area contributed by atoms with E-state index in [-0.39, 0.29) is 5.78 Å². The molecule has 0 saturated heterocycles. The molecule has 0 N–H and O–H groups in total. The lowest BCUT2D eigenvalue weighted by molar-refractivity contribution is 0.103. The van der Waals surface area contributed by atoms with Gasteiger partial charge in [-0.05, 0) is 43.7 Å². The third kappa shape index (κ3) is 3.22. The first kappa shape index (κ1) is 20.5. The van der Waals surface area contributed by atoms with Crippen molar-refractivity contribution >= 4 is 16.8 Å². The van der Waals surface area contributed by atoms with Crippen LogP contribution in [0.2, 0.25) is 0 Å². The highest BCUT2D eigenvalue weighted by atomic mass is 16.5. The van der Waals surface area contributed by atoms with E-state index >= 15 is 0 Å². The number of nitrogens with zero attached hydrogens (tertiary/aromatic N) is 2. The van der Waals surface area contributed by atoms with Crippen LogP contribution in [0.3, 0.4) is 0 Å². The Morgan fingerprint density at radius 3 is 2.39 bits per heavy atom.